The number of aliphatic hydroxyl groups is 2. The fraction of sp³-hybridized carbons (Fsp3) is 0.500. The van der Waals surface area contributed by atoms with Gasteiger partial charge in [-0.3, -0.25) is 19.2 Å². The van der Waals surface area contributed by atoms with E-state index in [1.807, 2.05) is 0 Å². The number of aliphatic hydroxyl groups excluding tert-OH is 2. The number of carbonyl (C=O) groups is 3. The Morgan fingerprint density at radius 1 is 1.00 bits per heavy atom. The summed E-state index contributed by atoms with van der Waals surface area (Å²) in [4.78, 5) is 64.4. The Morgan fingerprint density at radius 3 is 2.36 bits per heavy atom. The zero-order chi connectivity index (χ0) is 48.4. The molecular weight excluding hydrogens is 867 g/mol. The number of amides is 1. The summed E-state index contributed by atoms with van der Waals surface area (Å²) >= 11 is 1.27. The van der Waals surface area contributed by atoms with Crippen LogP contribution in [0.15, 0.2) is 68.4 Å². The molecular formula is C50H63N3O12S. The number of hydrogen-bond acceptors (Lipinski definition) is 15. The van der Waals surface area contributed by atoms with Crippen molar-refractivity contribution in [2.24, 2.45) is 23.7 Å². The summed E-state index contributed by atoms with van der Waals surface area (Å²) in [5, 5.41) is 26.2. The summed E-state index contributed by atoms with van der Waals surface area (Å²) in [6.45, 7) is 20.0. The minimum Gasteiger partial charge on any atom is -0.490 e. The summed E-state index contributed by atoms with van der Waals surface area (Å²) in [7, 11) is 1.47. The Morgan fingerprint density at radius 2 is 1.71 bits per heavy atom. The maximum atomic E-state index is 15.1. The van der Waals surface area contributed by atoms with Crippen LogP contribution in [0.25, 0.3) is 33.3 Å². The van der Waals surface area contributed by atoms with Crippen molar-refractivity contribution in [3.63, 3.8) is 0 Å². The van der Waals surface area contributed by atoms with Gasteiger partial charge < -0.3 is 48.5 Å². The molecule has 16 heteroatoms. The smallest absolute Gasteiger partial charge is 0.312 e. The van der Waals surface area contributed by atoms with Gasteiger partial charge in [-0.05, 0) is 51.4 Å². The first-order valence-corrected chi connectivity index (χ1v) is 23.7. The van der Waals surface area contributed by atoms with Crippen LogP contribution >= 0.6 is 11.8 Å². The molecule has 0 saturated carbocycles. The van der Waals surface area contributed by atoms with Gasteiger partial charge in [0.05, 0.1) is 30.1 Å². The lowest BCUT2D eigenvalue weighted by molar-refractivity contribution is -0.160. The number of benzene rings is 3. The number of allylic oxidation sites excluding steroid dienone is 2. The largest absolute Gasteiger partial charge is 0.490 e. The van der Waals surface area contributed by atoms with Crippen LogP contribution in [0.5, 0.6) is 11.5 Å². The number of thioether (sulfide) groups is 1. The number of rotatable bonds is 9. The van der Waals surface area contributed by atoms with Gasteiger partial charge >= 0.3 is 11.8 Å². The minimum absolute atomic E-state index is 0.0497. The van der Waals surface area contributed by atoms with Crippen molar-refractivity contribution in [2.45, 2.75) is 104 Å². The number of nitrogens with one attached hydrogen (secondary N) is 1. The summed E-state index contributed by atoms with van der Waals surface area (Å²) in [5.41, 5.74) is 0.719. The molecule has 4 bridgehead atoms. The van der Waals surface area contributed by atoms with Crippen LogP contribution in [0, 0.1) is 30.6 Å². The number of fused-ring (bicyclic) bond motifs is 2. The van der Waals surface area contributed by atoms with E-state index in [0.29, 0.717) is 34.9 Å². The van der Waals surface area contributed by atoms with Crippen molar-refractivity contribution in [1.82, 2.24) is 9.88 Å². The molecule has 0 spiro atoms. The fourth-order valence-corrected chi connectivity index (χ4v) is 9.78. The molecule has 0 unspecified atom stereocenters. The van der Waals surface area contributed by atoms with Crippen molar-refractivity contribution >= 4 is 57.0 Å². The molecule has 356 valence electrons. The fourth-order valence-electron chi connectivity index (χ4n) is 8.98. The molecule has 4 aliphatic rings. The molecule has 2 aromatic rings. The van der Waals surface area contributed by atoms with Crippen LogP contribution in [0.1, 0.15) is 78.2 Å². The highest BCUT2D eigenvalue weighted by Crippen LogP contribution is 2.50. The van der Waals surface area contributed by atoms with Gasteiger partial charge in [0.15, 0.2) is 11.3 Å². The molecule has 66 heavy (non-hydrogen) atoms. The van der Waals surface area contributed by atoms with Gasteiger partial charge in [0.2, 0.25) is 5.43 Å². The molecule has 1 amide bonds. The highest BCUT2D eigenvalue weighted by atomic mass is 32.2. The van der Waals surface area contributed by atoms with E-state index in [1.165, 1.54) is 39.0 Å². The van der Waals surface area contributed by atoms with Crippen LogP contribution in [0.4, 0.5) is 5.69 Å². The molecule has 2 aromatic carbocycles. The Balaban J connectivity index is 1.61. The third-order valence-electron chi connectivity index (χ3n) is 13.1. The molecule has 1 aliphatic carbocycles. The van der Waals surface area contributed by atoms with E-state index in [-0.39, 0.29) is 50.4 Å². The lowest BCUT2D eigenvalue weighted by Gasteiger charge is -2.38. The van der Waals surface area contributed by atoms with Crippen molar-refractivity contribution in [3.05, 3.63) is 75.7 Å². The van der Waals surface area contributed by atoms with Crippen molar-refractivity contribution in [1.29, 1.82) is 0 Å². The normalized spacial score (nSPS) is 28.3. The zero-order valence-corrected chi connectivity index (χ0v) is 40.7. The number of hydrogen-bond donors (Lipinski definition) is 3. The lowest BCUT2D eigenvalue weighted by Crippen LogP contribution is -2.46. The maximum Gasteiger partial charge on any atom is 0.312 e. The van der Waals surface area contributed by atoms with Crippen LogP contribution in [-0.4, -0.2) is 108 Å². The van der Waals surface area contributed by atoms with E-state index in [0.717, 1.165) is 13.1 Å². The quantitative estimate of drug-likeness (QED) is 0.0639. The standard InChI is InChI=1S/C50H63N3O12S/c1-13-53(14-2)22-24-61-33-19-16-20-34-38(33)51-39-35-36-43(57)40(46(39)64-34)52-49(59)26(4)18-15-17-25(3)41(55)28(6)42(56)29(7)44(63-31(9)54)27(5)32(60-11)21-23-62-50(10)48(58)37(35)45(65-50)30(8)47(36)66-12/h15-21,23,25,27-29,32,41-42,44,55-56H,13-14,22,24H2,1-12H3,(H,52,59)/b17-15+,23-21+,26-18-/t25-,27+,28+,29+,32-,41-,42+,44+,50-/m0/s1. The SMILES string of the molecule is CCN(CC)CCOc1cccc2oc3c4c(=O)c5c(SC)c(C)c6c(c5c-3nc12)C(=O)[C@@](C)(O/C=C/[C@H](OC)[C@@H](C)[C@@H](OC(C)=O)[C@H](C)[C@H](O)[C@H](C)[C@@H](O)[C@@H](C)/C=C/C=C(/C)C(=O)N4)O6. The predicted molar refractivity (Wildman–Crippen MR) is 254 cm³/mol. The number of nitrogens with zero attached hydrogens (tertiary/aromatic N) is 2. The molecule has 9 atom stereocenters. The third-order valence-corrected chi connectivity index (χ3v) is 14.0. The van der Waals surface area contributed by atoms with E-state index >= 15 is 4.79 Å². The monoisotopic (exact) mass is 929 g/mol. The topological polar surface area (TPSA) is 196 Å². The number of ether oxygens (including phenoxy) is 5. The summed E-state index contributed by atoms with van der Waals surface area (Å²) in [6.07, 6.45) is 5.74. The number of Topliss-reactive ketones (excluding diaryl/α,β-unsaturated/α-hetero) is 1. The van der Waals surface area contributed by atoms with Gasteiger partial charge in [0, 0.05) is 78.0 Å². The first-order chi connectivity index (χ1) is 31.3. The first kappa shape index (κ1) is 50.2. The van der Waals surface area contributed by atoms with Crippen molar-refractivity contribution in [2.75, 3.05) is 44.9 Å². The van der Waals surface area contributed by atoms with E-state index in [2.05, 4.69) is 24.1 Å². The van der Waals surface area contributed by atoms with Gasteiger partial charge in [-0.2, -0.15) is 0 Å². The van der Waals surface area contributed by atoms with Gasteiger partial charge in [0.1, 0.15) is 41.1 Å². The van der Waals surface area contributed by atoms with Crippen molar-refractivity contribution < 1.29 is 52.7 Å². The summed E-state index contributed by atoms with van der Waals surface area (Å²) < 4.78 is 37.2. The Hall–Kier alpha value is -5.26. The number of carbonyl (C=O) groups excluding carboxylic acids is 3. The van der Waals surface area contributed by atoms with Crippen LogP contribution in [0.2, 0.25) is 0 Å². The van der Waals surface area contributed by atoms with Gasteiger partial charge in [-0.1, -0.05) is 65.8 Å². The molecule has 0 aromatic heterocycles. The van der Waals surface area contributed by atoms with E-state index < -0.39 is 77.0 Å². The van der Waals surface area contributed by atoms with E-state index in [9.17, 15) is 24.6 Å². The number of methoxy groups -OCH3 is 1. The second-order valence-corrected chi connectivity index (χ2v) is 18.2. The average Bonchev–Trinajstić information content (AvgIpc) is 3.56. The van der Waals surface area contributed by atoms with E-state index in [1.54, 1.807) is 90.3 Å². The number of aromatic nitrogens is 1. The molecule has 3 N–H and O–H groups in total. The van der Waals surface area contributed by atoms with Gasteiger partial charge in [-0.15, -0.1) is 11.8 Å². The predicted octanol–water partition coefficient (Wildman–Crippen LogP) is 7.69. The number of esters is 1. The van der Waals surface area contributed by atoms with Crippen LogP contribution < -0.4 is 20.2 Å². The molecule has 15 nitrogen and oxygen atoms in total. The Kier molecular flexibility index (Phi) is 15.7. The average molecular weight is 930 g/mol. The molecule has 6 rings (SSSR count). The number of ketones is 1. The number of para-hydroxylation sites is 1. The Bertz CT molecular complexity index is 2600. The summed E-state index contributed by atoms with van der Waals surface area (Å²) in [6, 6.07) is 5.21. The lowest BCUT2D eigenvalue weighted by atomic mass is 9.78. The molecule has 3 aliphatic heterocycles. The van der Waals surface area contributed by atoms with Gasteiger partial charge in [-0.25, -0.2) is 4.98 Å². The second kappa shape index (κ2) is 20.7. The third kappa shape index (κ3) is 9.61. The maximum absolute atomic E-state index is 15.1. The van der Waals surface area contributed by atoms with Crippen LogP contribution in [0.3, 0.4) is 0 Å². The number of anilines is 1. The van der Waals surface area contributed by atoms with E-state index in [4.69, 9.17) is 33.1 Å². The van der Waals surface area contributed by atoms with Gasteiger partial charge in [0.25, 0.3) is 11.7 Å². The molecule has 0 radical (unpaired) electrons. The van der Waals surface area contributed by atoms with Crippen LogP contribution in [-0.2, 0) is 23.8 Å². The second-order valence-electron chi connectivity index (χ2n) is 17.4. The molecule has 3 heterocycles. The first-order valence-electron chi connectivity index (χ1n) is 22.4. The minimum atomic E-state index is -1.95. The molecule has 0 saturated heterocycles. The number of likely N-dealkylation sites (N-methyl/N-ethyl adjacent to an activating group) is 1. The summed E-state index contributed by atoms with van der Waals surface area (Å²) in [5.74, 6) is -5.61. The van der Waals surface area contributed by atoms with Crippen molar-refractivity contribution in [3.8, 4) is 23.0 Å². The zero-order valence-electron chi connectivity index (χ0n) is 39.8. The highest BCUT2D eigenvalue weighted by Gasteiger charge is 2.50. The highest BCUT2D eigenvalue weighted by molar-refractivity contribution is 7.98. The molecule has 0 fully saturated rings. The Labute approximate surface area is 389 Å².